The van der Waals surface area contributed by atoms with Gasteiger partial charge >= 0.3 is 0 Å². The van der Waals surface area contributed by atoms with Gasteiger partial charge in [-0.15, -0.1) is 0 Å². The minimum absolute atomic E-state index is 0.440. The van der Waals surface area contributed by atoms with E-state index in [0.717, 1.165) is 38.2 Å². The lowest BCUT2D eigenvalue weighted by atomic mass is 10.0. The van der Waals surface area contributed by atoms with Gasteiger partial charge in [0.05, 0.1) is 0 Å². The number of ether oxygens (including phenoxy) is 1. The van der Waals surface area contributed by atoms with Crippen molar-refractivity contribution in [2.75, 3.05) is 20.3 Å². The summed E-state index contributed by atoms with van der Waals surface area (Å²) in [6.45, 7) is 3.94. The molecule has 1 heterocycles. The molecule has 0 fully saturated rings. The number of methoxy groups -OCH3 is 1. The number of rotatable bonds is 6. The summed E-state index contributed by atoms with van der Waals surface area (Å²) in [5, 5.41) is 3.55. The summed E-state index contributed by atoms with van der Waals surface area (Å²) < 4.78 is 5.08. The molecule has 1 atom stereocenters. The molecule has 1 aliphatic rings. The Morgan fingerprint density at radius 1 is 1.42 bits per heavy atom. The van der Waals surface area contributed by atoms with E-state index in [1.54, 1.807) is 7.11 Å². The normalized spacial score (nSPS) is 18.9. The minimum Gasteiger partial charge on any atom is -0.385 e. The van der Waals surface area contributed by atoms with Crippen LogP contribution in [-0.2, 0) is 17.6 Å². The number of nitrogens with one attached hydrogen (secondary N) is 1. The van der Waals surface area contributed by atoms with Crippen LogP contribution in [0.1, 0.15) is 55.7 Å². The van der Waals surface area contributed by atoms with Crippen molar-refractivity contribution in [1.29, 1.82) is 0 Å². The van der Waals surface area contributed by atoms with Gasteiger partial charge < -0.3 is 10.1 Å². The first-order chi connectivity index (χ1) is 9.35. The number of aromatic nitrogens is 2. The van der Waals surface area contributed by atoms with Gasteiger partial charge in [-0.05, 0) is 32.2 Å². The zero-order valence-electron chi connectivity index (χ0n) is 12.1. The van der Waals surface area contributed by atoms with E-state index < -0.39 is 0 Å². The summed E-state index contributed by atoms with van der Waals surface area (Å²) >= 11 is 0. The largest absolute Gasteiger partial charge is 0.385 e. The summed E-state index contributed by atoms with van der Waals surface area (Å²) in [7, 11) is 1.74. The number of hydrogen-bond donors (Lipinski definition) is 1. The molecule has 1 N–H and O–H groups in total. The topological polar surface area (TPSA) is 47.0 Å². The van der Waals surface area contributed by atoms with Crippen molar-refractivity contribution in [3.63, 3.8) is 0 Å². The monoisotopic (exact) mass is 263 g/mol. The molecule has 4 nitrogen and oxygen atoms in total. The van der Waals surface area contributed by atoms with Gasteiger partial charge in [-0.3, -0.25) is 0 Å². The molecular formula is C15H25N3O. The fraction of sp³-hybridized carbons (Fsp3) is 0.733. The highest BCUT2D eigenvalue weighted by Crippen LogP contribution is 2.27. The molecule has 19 heavy (non-hydrogen) atoms. The van der Waals surface area contributed by atoms with Gasteiger partial charge in [0.15, 0.2) is 0 Å². The molecule has 0 radical (unpaired) electrons. The molecule has 0 aromatic carbocycles. The molecule has 1 unspecified atom stereocenters. The van der Waals surface area contributed by atoms with Crippen LogP contribution in [-0.4, -0.2) is 30.2 Å². The minimum atomic E-state index is 0.440. The smallest absolute Gasteiger partial charge is 0.128 e. The van der Waals surface area contributed by atoms with Crippen LogP contribution in [0.5, 0.6) is 0 Å². The average Bonchev–Trinajstić information content (AvgIpc) is 2.62. The fourth-order valence-corrected chi connectivity index (χ4v) is 2.71. The van der Waals surface area contributed by atoms with E-state index >= 15 is 0 Å². The third-order valence-electron chi connectivity index (χ3n) is 3.68. The van der Waals surface area contributed by atoms with Crippen LogP contribution in [0.3, 0.4) is 0 Å². The van der Waals surface area contributed by atoms with Gasteiger partial charge in [0, 0.05) is 43.6 Å². The van der Waals surface area contributed by atoms with Crippen LogP contribution in [0.25, 0.3) is 0 Å². The standard InChI is InChI=1S/C15H25N3O/c1-3-16-13-7-4-5-8-14-12(13)11-17-15(18-14)9-6-10-19-2/h11,13,16H,3-10H2,1-2H3. The van der Waals surface area contributed by atoms with Gasteiger partial charge in [0.1, 0.15) is 5.82 Å². The van der Waals surface area contributed by atoms with Crippen molar-refractivity contribution in [3.8, 4) is 0 Å². The Morgan fingerprint density at radius 3 is 3.11 bits per heavy atom. The lowest BCUT2D eigenvalue weighted by Crippen LogP contribution is -2.22. The first-order valence-corrected chi connectivity index (χ1v) is 7.42. The number of fused-ring (bicyclic) bond motifs is 1. The van der Waals surface area contributed by atoms with Crippen molar-refractivity contribution in [2.45, 2.75) is 51.5 Å². The van der Waals surface area contributed by atoms with E-state index in [4.69, 9.17) is 9.72 Å². The lowest BCUT2D eigenvalue weighted by Gasteiger charge is -2.17. The van der Waals surface area contributed by atoms with Crippen molar-refractivity contribution in [2.24, 2.45) is 0 Å². The molecular weight excluding hydrogens is 238 g/mol. The Labute approximate surface area is 116 Å². The maximum Gasteiger partial charge on any atom is 0.128 e. The first-order valence-electron chi connectivity index (χ1n) is 7.42. The van der Waals surface area contributed by atoms with Crippen LogP contribution >= 0.6 is 0 Å². The van der Waals surface area contributed by atoms with Crippen molar-refractivity contribution in [1.82, 2.24) is 15.3 Å². The number of nitrogens with zero attached hydrogens (tertiary/aromatic N) is 2. The highest BCUT2D eigenvalue weighted by Gasteiger charge is 2.19. The van der Waals surface area contributed by atoms with Crippen LogP contribution in [0.4, 0.5) is 0 Å². The summed E-state index contributed by atoms with van der Waals surface area (Å²) in [4.78, 5) is 9.30. The fourth-order valence-electron chi connectivity index (χ4n) is 2.71. The van der Waals surface area contributed by atoms with Gasteiger partial charge in [-0.1, -0.05) is 13.3 Å². The predicted octanol–water partition coefficient (Wildman–Crippen LogP) is 2.43. The summed E-state index contributed by atoms with van der Waals surface area (Å²) in [6.07, 6.45) is 8.75. The lowest BCUT2D eigenvalue weighted by molar-refractivity contribution is 0.194. The van der Waals surface area contributed by atoms with Crippen LogP contribution in [0.15, 0.2) is 6.20 Å². The maximum absolute atomic E-state index is 5.08. The third-order valence-corrected chi connectivity index (χ3v) is 3.68. The second kappa shape index (κ2) is 7.56. The second-order valence-electron chi connectivity index (χ2n) is 5.14. The molecule has 2 rings (SSSR count). The number of aryl methyl sites for hydroxylation is 2. The Kier molecular flexibility index (Phi) is 5.73. The molecule has 0 saturated heterocycles. The quantitative estimate of drug-likeness (QED) is 0.632. The molecule has 1 aliphatic carbocycles. The summed E-state index contributed by atoms with van der Waals surface area (Å²) in [5.74, 6) is 0.966. The summed E-state index contributed by atoms with van der Waals surface area (Å²) in [6, 6.07) is 0.440. The molecule has 106 valence electrons. The van der Waals surface area contributed by atoms with Gasteiger partial charge in [0.2, 0.25) is 0 Å². The molecule has 0 bridgehead atoms. The number of hydrogen-bond acceptors (Lipinski definition) is 4. The molecule has 0 amide bonds. The van der Waals surface area contributed by atoms with Crippen molar-refractivity contribution < 1.29 is 4.74 Å². The van der Waals surface area contributed by atoms with E-state index in [9.17, 15) is 0 Å². The molecule has 1 aromatic rings. The van der Waals surface area contributed by atoms with Crippen molar-refractivity contribution in [3.05, 3.63) is 23.3 Å². The van der Waals surface area contributed by atoms with E-state index in [0.29, 0.717) is 6.04 Å². The summed E-state index contributed by atoms with van der Waals surface area (Å²) in [5.41, 5.74) is 2.57. The van der Waals surface area contributed by atoms with E-state index in [1.807, 2.05) is 6.20 Å². The highest BCUT2D eigenvalue weighted by molar-refractivity contribution is 5.23. The van der Waals surface area contributed by atoms with E-state index in [2.05, 4.69) is 17.2 Å². The Morgan fingerprint density at radius 2 is 2.32 bits per heavy atom. The van der Waals surface area contributed by atoms with Gasteiger partial charge in [-0.25, -0.2) is 9.97 Å². The van der Waals surface area contributed by atoms with Crippen LogP contribution < -0.4 is 5.32 Å². The van der Waals surface area contributed by atoms with E-state index in [1.165, 1.54) is 30.5 Å². The molecule has 0 aliphatic heterocycles. The molecule has 0 saturated carbocycles. The molecule has 1 aromatic heterocycles. The SMILES string of the molecule is CCNC1CCCCc2nc(CCCOC)ncc21. The second-order valence-corrected chi connectivity index (χ2v) is 5.14. The van der Waals surface area contributed by atoms with Crippen LogP contribution in [0.2, 0.25) is 0 Å². The van der Waals surface area contributed by atoms with E-state index in [-0.39, 0.29) is 0 Å². The van der Waals surface area contributed by atoms with Gasteiger partial charge in [-0.2, -0.15) is 0 Å². The zero-order valence-corrected chi connectivity index (χ0v) is 12.1. The highest BCUT2D eigenvalue weighted by atomic mass is 16.5. The Balaban J connectivity index is 2.11. The Bertz CT molecular complexity index is 395. The average molecular weight is 263 g/mol. The maximum atomic E-state index is 5.08. The van der Waals surface area contributed by atoms with Gasteiger partial charge in [0.25, 0.3) is 0 Å². The Hall–Kier alpha value is -1.00. The first kappa shape index (κ1) is 14.4. The van der Waals surface area contributed by atoms with Crippen LogP contribution in [0, 0.1) is 0 Å². The molecule has 0 spiro atoms. The third kappa shape index (κ3) is 3.98. The molecule has 4 heteroatoms. The predicted molar refractivity (Wildman–Crippen MR) is 76.2 cm³/mol. The zero-order chi connectivity index (χ0) is 13.5. The van der Waals surface area contributed by atoms with Crippen molar-refractivity contribution >= 4 is 0 Å².